The summed E-state index contributed by atoms with van der Waals surface area (Å²) in [5, 5.41) is 3.26. The molecule has 0 bridgehead atoms. The molecule has 5 heteroatoms. The summed E-state index contributed by atoms with van der Waals surface area (Å²) in [5.74, 6) is 0.0820. The van der Waals surface area contributed by atoms with E-state index in [1.54, 1.807) is 4.90 Å². The molecule has 1 atom stereocenters. The Morgan fingerprint density at radius 2 is 1.91 bits per heavy atom. The van der Waals surface area contributed by atoms with Crippen LogP contribution in [-0.2, 0) is 11.2 Å². The summed E-state index contributed by atoms with van der Waals surface area (Å²) < 4.78 is 0. The van der Waals surface area contributed by atoms with Crippen LogP contribution in [-0.4, -0.2) is 60.4 Å². The zero-order valence-corrected chi connectivity index (χ0v) is 13.8. The van der Waals surface area contributed by atoms with Crippen LogP contribution < -0.4 is 5.32 Å². The first-order valence-electron chi connectivity index (χ1n) is 8.60. The lowest BCUT2D eigenvalue weighted by atomic mass is 10.0. The first kappa shape index (κ1) is 16.0. The van der Waals surface area contributed by atoms with Gasteiger partial charge in [-0.05, 0) is 30.9 Å². The standard InChI is InChI=1S/C18H25N3O2/c1-2-14-7-3-4-8-15(14)17(22)21-12-9-19-13-16(21)18(23)20-10-5-6-11-20/h3-4,7-8,16,19H,2,5-6,9-13H2,1H3/t16-/m0/s1. The van der Waals surface area contributed by atoms with Gasteiger partial charge in [0, 0.05) is 38.3 Å². The Hall–Kier alpha value is -1.88. The number of nitrogens with zero attached hydrogens (tertiary/aromatic N) is 2. The van der Waals surface area contributed by atoms with E-state index in [1.807, 2.05) is 29.2 Å². The van der Waals surface area contributed by atoms with Crippen LogP contribution in [0.15, 0.2) is 24.3 Å². The minimum absolute atomic E-state index is 0.0125. The van der Waals surface area contributed by atoms with E-state index in [-0.39, 0.29) is 17.9 Å². The zero-order chi connectivity index (χ0) is 16.2. The van der Waals surface area contributed by atoms with Crippen LogP contribution in [0.5, 0.6) is 0 Å². The highest BCUT2D eigenvalue weighted by Crippen LogP contribution is 2.18. The Bertz CT molecular complexity index is 581. The van der Waals surface area contributed by atoms with E-state index < -0.39 is 0 Å². The van der Waals surface area contributed by atoms with Crippen molar-refractivity contribution in [2.75, 3.05) is 32.7 Å². The number of hydrogen-bond acceptors (Lipinski definition) is 3. The van der Waals surface area contributed by atoms with E-state index in [9.17, 15) is 9.59 Å². The number of carbonyl (C=O) groups excluding carboxylic acids is 2. The van der Waals surface area contributed by atoms with Gasteiger partial charge in [0.2, 0.25) is 5.91 Å². The predicted octanol–water partition coefficient (Wildman–Crippen LogP) is 1.29. The zero-order valence-electron chi connectivity index (χ0n) is 13.8. The summed E-state index contributed by atoms with van der Waals surface area (Å²) in [7, 11) is 0. The maximum Gasteiger partial charge on any atom is 0.254 e. The van der Waals surface area contributed by atoms with Crippen LogP contribution in [0.2, 0.25) is 0 Å². The molecule has 2 aliphatic rings. The molecule has 2 saturated heterocycles. The maximum absolute atomic E-state index is 13.0. The monoisotopic (exact) mass is 315 g/mol. The van der Waals surface area contributed by atoms with Gasteiger partial charge in [0.05, 0.1) is 0 Å². The molecule has 2 fully saturated rings. The molecule has 124 valence electrons. The molecule has 2 aliphatic heterocycles. The molecule has 23 heavy (non-hydrogen) atoms. The molecule has 1 aromatic carbocycles. The van der Waals surface area contributed by atoms with Crippen molar-refractivity contribution >= 4 is 11.8 Å². The van der Waals surface area contributed by atoms with E-state index >= 15 is 0 Å². The molecule has 2 heterocycles. The fourth-order valence-electron chi connectivity index (χ4n) is 3.51. The average Bonchev–Trinajstić information content (AvgIpc) is 3.15. The molecule has 0 aromatic heterocycles. The van der Waals surface area contributed by atoms with Crippen LogP contribution in [0, 0.1) is 0 Å². The summed E-state index contributed by atoms with van der Waals surface area (Å²) in [4.78, 5) is 29.5. The van der Waals surface area contributed by atoms with Crippen molar-refractivity contribution < 1.29 is 9.59 Å². The lowest BCUT2D eigenvalue weighted by Crippen LogP contribution is -2.60. The highest BCUT2D eigenvalue weighted by Gasteiger charge is 2.36. The molecule has 0 saturated carbocycles. The first-order valence-corrected chi connectivity index (χ1v) is 8.60. The Morgan fingerprint density at radius 1 is 1.17 bits per heavy atom. The molecule has 1 aromatic rings. The number of carbonyl (C=O) groups is 2. The molecule has 0 spiro atoms. The van der Waals surface area contributed by atoms with Crippen molar-refractivity contribution in [3.05, 3.63) is 35.4 Å². The second-order valence-corrected chi connectivity index (χ2v) is 6.26. The number of nitrogens with one attached hydrogen (secondary N) is 1. The number of piperazine rings is 1. The number of rotatable bonds is 3. The summed E-state index contributed by atoms with van der Waals surface area (Å²) in [6.07, 6.45) is 2.95. The molecule has 0 radical (unpaired) electrons. The van der Waals surface area contributed by atoms with Gasteiger partial charge >= 0.3 is 0 Å². The van der Waals surface area contributed by atoms with Gasteiger partial charge in [-0.2, -0.15) is 0 Å². The van der Waals surface area contributed by atoms with Crippen molar-refractivity contribution in [3.63, 3.8) is 0 Å². The van der Waals surface area contributed by atoms with Crippen molar-refractivity contribution in [1.29, 1.82) is 0 Å². The minimum Gasteiger partial charge on any atom is -0.341 e. The minimum atomic E-state index is -0.376. The van der Waals surface area contributed by atoms with E-state index in [4.69, 9.17) is 0 Å². The summed E-state index contributed by atoms with van der Waals surface area (Å²) in [6, 6.07) is 7.35. The van der Waals surface area contributed by atoms with Crippen LogP contribution >= 0.6 is 0 Å². The normalized spacial score (nSPS) is 21.5. The number of aryl methyl sites for hydroxylation is 1. The lowest BCUT2D eigenvalue weighted by Gasteiger charge is -2.37. The molecule has 0 unspecified atom stereocenters. The Labute approximate surface area is 137 Å². The molecule has 2 amide bonds. The number of hydrogen-bond donors (Lipinski definition) is 1. The van der Waals surface area contributed by atoms with Gasteiger partial charge in [0.25, 0.3) is 5.91 Å². The van der Waals surface area contributed by atoms with Gasteiger partial charge in [-0.3, -0.25) is 9.59 Å². The van der Waals surface area contributed by atoms with Gasteiger partial charge in [-0.15, -0.1) is 0 Å². The largest absolute Gasteiger partial charge is 0.341 e. The highest BCUT2D eigenvalue weighted by molar-refractivity contribution is 5.99. The van der Waals surface area contributed by atoms with Crippen LogP contribution in [0.3, 0.4) is 0 Å². The van der Waals surface area contributed by atoms with Crippen LogP contribution in [0.4, 0.5) is 0 Å². The van der Waals surface area contributed by atoms with Crippen LogP contribution in [0.1, 0.15) is 35.7 Å². The summed E-state index contributed by atoms with van der Waals surface area (Å²) in [5.41, 5.74) is 1.78. The second kappa shape index (κ2) is 7.13. The Kier molecular flexibility index (Phi) is 4.96. The van der Waals surface area contributed by atoms with E-state index in [1.165, 1.54) is 0 Å². The smallest absolute Gasteiger partial charge is 0.254 e. The molecule has 3 rings (SSSR count). The quantitative estimate of drug-likeness (QED) is 0.914. The summed E-state index contributed by atoms with van der Waals surface area (Å²) >= 11 is 0. The molecule has 5 nitrogen and oxygen atoms in total. The third kappa shape index (κ3) is 3.24. The van der Waals surface area contributed by atoms with Gasteiger partial charge in [0.1, 0.15) is 6.04 Å². The van der Waals surface area contributed by atoms with Crippen molar-refractivity contribution in [2.45, 2.75) is 32.2 Å². The molecular weight excluding hydrogens is 290 g/mol. The van der Waals surface area contributed by atoms with Crippen LogP contribution in [0.25, 0.3) is 0 Å². The lowest BCUT2D eigenvalue weighted by molar-refractivity contribution is -0.135. The average molecular weight is 315 g/mol. The molecule has 0 aliphatic carbocycles. The Morgan fingerprint density at radius 3 is 2.65 bits per heavy atom. The molecule has 1 N–H and O–H groups in total. The third-order valence-electron chi connectivity index (χ3n) is 4.84. The van der Waals surface area contributed by atoms with E-state index in [2.05, 4.69) is 12.2 Å². The third-order valence-corrected chi connectivity index (χ3v) is 4.84. The highest BCUT2D eigenvalue weighted by atomic mass is 16.2. The predicted molar refractivity (Wildman–Crippen MR) is 89.3 cm³/mol. The van der Waals surface area contributed by atoms with Gasteiger partial charge in [0.15, 0.2) is 0 Å². The van der Waals surface area contributed by atoms with Gasteiger partial charge < -0.3 is 15.1 Å². The van der Waals surface area contributed by atoms with Crippen molar-refractivity contribution in [3.8, 4) is 0 Å². The topological polar surface area (TPSA) is 52.7 Å². The maximum atomic E-state index is 13.0. The first-order chi connectivity index (χ1) is 11.2. The number of benzene rings is 1. The van der Waals surface area contributed by atoms with Crippen molar-refractivity contribution in [1.82, 2.24) is 15.1 Å². The van der Waals surface area contributed by atoms with E-state index in [0.717, 1.165) is 50.0 Å². The van der Waals surface area contributed by atoms with Gasteiger partial charge in [-0.1, -0.05) is 25.1 Å². The van der Waals surface area contributed by atoms with E-state index in [0.29, 0.717) is 13.1 Å². The second-order valence-electron chi connectivity index (χ2n) is 6.26. The SMILES string of the molecule is CCc1ccccc1C(=O)N1CCNC[C@H]1C(=O)N1CCCC1. The van der Waals surface area contributed by atoms with Gasteiger partial charge in [-0.25, -0.2) is 0 Å². The fourth-order valence-corrected chi connectivity index (χ4v) is 3.51. The molecular formula is C18H25N3O2. The number of amides is 2. The number of likely N-dealkylation sites (tertiary alicyclic amines) is 1. The fraction of sp³-hybridized carbons (Fsp3) is 0.556. The summed E-state index contributed by atoms with van der Waals surface area (Å²) in [6.45, 7) is 5.57. The Balaban J connectivity index is 1.83. The van der Waals surface area contributed by atoms with Crippen molar-refractivity contribution in [2.24, 2.45) is 0 Å².